The van der Waals surface area contributed by atoms with E-state index in [0.29, 0.717) is 6.61 Å². The van der Waals surface area contributed by atoms with Crippen LogP contribution in [0.25, 0.3) is 0 Å². The molecule has 0 aliphatic rings. The van der Waals surface area contributed by atoms with Crippen molar-refractivity contribution in [2.24, 2.45) is 0 Å². The molecule has 0 aromatic heterocycles. The van der Waals surface area contributed by atoms with E-state index >= 15 is 0 Å². The number of halogens is 1. The maximum absolute atomic E-state index is 6.05. The van der Waals surface area contributed by atoms with Crippen molar-refractivity contribution < 1.29 is 14.8 Å². The fourth-order valence-electron chi connectivity index (χ4n) is 2.74. The highest BCUT2D eigenvalue weighted by Crippen LogP contribution is 2.23. The molecule has 0 amide bonds. The molecular weight excluding hydrogens is 390 g/mol. The van der Waals surface area contributed by atoms with Crippen molar-refractivity contribution in [3.05, 3.63) is 94.0 Å². The summed E-state index contributed by atoms with van der Waals surface area (Å²) in [5.41, 5.74) is 3.62. The number of hydrogen-bond donors (Lipinski definition) is 1. The zero-order chi connectivity index (χ0) is 18.2. The minimum atomic E-state index is 0.577. The van der Waals surface area contributed by atoms with Crippen molar-refractivity contribution in [1.82, 2.24) is 0 Å². The van der Waals surface area contributed by atoms with Crippen LogP contribution >= 0.6 is 15.9 Å². The van der Waals surface area contributed by atoms with E-state index in [2.05, 4.69) is 51.6 Å². The van der Waals surface area contributed by atoms with Crippen LogP contribution in [-0.2, 0) is 19.7 Å². The smallest absolute Gasteiger partial charge is 0.128 e. The Labute approximate surface area is 163 Å². The van der Waals surface area contributed by atoms with Crippen LogP contribution in [0.5, 0.6) is 11.5 Å². The van der Waals surface area contributed by atoms with E-state index in [4.69, 9.17) is 9.47 Å². The molecule has 0 heterocycles. The molecule has 4 heteroatoms. The third-order valence-corrected chi connectivity index (χ3v) is 4.66. The van der Waals surface area contributed by atoms with Crippen LogP contribution in [-0.4, -0.2) is 7.11 Å². The van der Waals surface area contributed by atoms with Crippen molar-refractivity contribution in [2.75, 3.05) is 7.11 Å². The van der Waals surface area contributed by atoms with Gasteiger partial charge in [0.1, 0.15) is 31.2 Å². The molecular formula is C22H23BrNO2+. The normalized spacial score (nSPS) is 10.5. The Hall–Kier alpha value is -2.30. The first-order chi connectivity index (χ1) is 12.7. The zero-order valence-electron chi connectivity index (χ0n) is 14.8. The van der Waals surface area contributed by atoms with E-state index in [1.807, 2.05) is 42.5 Å². The van der Waals surface area contributed by atoms with Gasteiger partial charge in [-0.25, -0.2) is 0 Å². The van der Waals surface area contributed by atoms with Gasteiger partial charge in [-0.1, -0.05) is 46.3 Å². The lowest BCUT2D eigenvalue weighted by Crippen LogP contribution is -2.80. The molecule has 26 heavy (non-hydrogen) atoms. The van der Waals surface area contributed by atoms with Gasteiger partial charge in [-0.2, -0.15) is 0 Å². The second-order valence-electron chi connectivity index (χ2n) is 6.07. The van der Waals surface area contributed by atoms with Crippen LogP contribution in [0.2, 0.25) is 0 Å². The summed E-state index contributed by atoms with van der Waals surface area (Å²) in [4.78, 5) is 0. The lowest BCUT2D eigenvalue weighted by Gasteiger charge is -2.12. The summed E-state index contributed by atoms with van der Waals surface area (Å²) in [6.07, 6.45) is 0. The van der Waals surface area contributed by atoms with Gasteiger partial charge in [0.25, 0.3) is 0 Å². The summed E-state index contributed by atoms with van der Waals surface area (Å²) in [6.45, 7) is 2.35. The minimum Gasteiger partial charge on any atom is -0.497 e. The molecule has 0 spiro atoms. The lowest BCUT2D eigenvalue weighted by atomic mass is 10.1. The van der Waals surface area contributed by atoms with E-state index in [1.165, 1.54) is 16.7 Å². The molecule has 0 bridgehead atoms. The lowest BCUT2D eigenvalue weighted by molar-refractivity contribution is -0.686. The quantitative estimate of drug-likeness (QED) is 0.598. The Morgan fingerprint density at radius 1 is 0.846 bits per heavy atom. The van der Waals surface area contributed by atoms with Crippen LogP contribution in [0.1, 0.15) is 16.7 Å². The monoisotopic (exact) mass is 412 g/mol. The average Bonchev–Trinajstić information content (AvgIpc) is 2.69. The Morgan fingerprint density at radius 2 is 1.62 bits per heavy atom. The number of benzene rings is 3. The summed E-state index contributed by atoms with van der Waals surface area (Å²) >= 11 is 3.56. The molecule has 0 atom stereocenters. The first kappa shape index (κ1) is 18.5. The molecule has 0 aliphatic carbocycles. The van der Waals surface area contributed by atoms with Gasteiger partial charge in [0.15, 0.2) is 0 Å². The Balaban J connectivity index is 1.60. The molecule has 3 rings (SSSR count). The maximum atomic E-state index is 6.05. The number of hydrogen-bond acceptors (Lipinski definition) is 2. The van der Waals surface area contributed by atoms with Gasteiger partial charge in [0, 0.05) is 15.6 Å². The van der Waals surface area contributed by atoms with Gasteiger partial charge in [-0.05, 0) is 48.0 Å². The predicted molar refractivity (Wildman–Crippen MR) is 107 cm³/mol. The van der Waals surface area contributed by atoms with Crippen molar-refractivity contribution in [3.63, 3.8) is 0 Å². The van der Waals surface area contributed by atoms with Crippen molar-refractivity contribution >= 4 is 15.9 Å². The maximum Gasteiger partial charge on any atom is 0.128 e. The molecule has 2 N–H and O–H groups in total. The van der Waals surface area contributed by atoms with Crippen LogP contribution < -0.4 is 14.8 Å². The highest BCUT2D eigenvalue weighted by Gasteiger charge is 2.08. The molecule has 0 saturated carbocycles. The Kier molecular flexibility index (Phi) is 6.69. The third-order valence-electron chi connectivity index (χ3n) is 4.16. The first-order valence-electron chi connectivity index (χ1n) is 8.64. The molecule has 0 unspecified atom stereocenters. The number of rotatable bonds is 8. The number of quaternary nitrogens is 1. The predicted octanol–water partition coefficient (Wildman–Crippen LogP) is 4.30. The molecule has 3 aromatic carbocycles. The topological polar surface area (TPSA) is 35.1 Å². The summed E-state index contributed by atoms with van der Waals surface area (Å²) in [6, 6.07) is 24.6. The van der Waals surface area contributed by atoms with Gasteiger partial charge in [-0.15, -0.1) is 0 Å². The molecule has 0 radical (unpaired) electrons. The second-order valence-corrected chi connectivity index (χ2v) is 6.99. The van der Waals surface area contributed by atoms with Gasteiger partial charge in [0.2, 0.25) is 0 Å². The standard InChI is InChI=1S/C22H22BrNO2/c1-25-21-10-7-17(8-11-21)14-24-15-19-13-20(23)9-12-22(19)26-16-18-5-3-2-4-6-18/h2-13,24H,14-16H2,1H3/p+1. The zero-order valence-corrected chi connectivity index (χ0v) is 16.4. The molecule has 3 nitrogen and oxygen atoms in total. The van der Waals surface area contributed by atoms with E-state index in [9.17, 15) is 0 Å². The highest BCUT2D eigenvalue weighted by molar-refractivity contribution is 9.10. The van der Waals surface area contributed by atoms with Crippen molar-refractivity contribution in [2.45, 2.75) is 19.7 Å². The third kappa shape index (κ3) is 5.35. The van der Waals surface area contributed by atoms with Gasteiger partial charge >= 0.3 is 0 Å². The molecule has 134 valence electrons. The average molecular weight is 413 g/mol. The van der Waals surface area contributed by atoms with E-state index in [0.717, 1.165) is 29.1 Å². The Bertz CT molecular complexity index is 819. The number of methoxy groups -OCH3 is 1. The van der Waals surface area contributed by atoms with Gasteiger partial charge < -0.3 is 14.8 Å². The van der Waals surface area contributed by atoms with Crippen LogP contribution in [0.3, 0.4) is 0 Å². The summed E-state index contributed by atoms with van der Waals surface area (Å²) < 4.78 is 12.3. The summed E-state index contributed by atoms with van der Waals surface area (Å²) in [5.74, 6) is 1.82. The van der Waals surface area contributed by atoms with E-state index < -0.39 is 0 Å². The van der Waals surface area contributed by atoms with Crippen LogP contribution in [0.15, 0.2) is 77.3 Å². The largest absolute Gasteiger partial charge is 0.497 e. The van der Waals surface area contributed by atoms with Gasteiger partial charge in [-0.3, -0.25) is 0 Å². The number of ether oxygens (including phenoxy) is 2. The fourth-order valence-corrected chi connectivity index (χ4v) is 3.15. The fraction of sp³-hybridized carbons (Fsp3) is 0.182. The summed E-state index contributed by atoms with van der Waals surface area (Å²) in [7, 11) is 1.69. The Morgan fingerprint density at radius 3 is 2.35 bits per heavy atom. The van der Waals surface area contributed by atoms with Crippen LogP contribution in [0.4, 0.5) is 0 Å². The first-order valence-corrected chi connectivity index (χ1v) is 9.43. The van der Waals surface area contributed by atoms with Crippen molar-refractivity contribution in [1.29, 1.82) is 0 Å². The van der Waals surface area contributed by atoms with Gasteiger partial charge in [0.05, 0.1) is 7.11 Å². The molecule has 0 fully saturated rings. The van der Waals surface area contributed by atoms with Crippen LogP contribution in [0, 0.1) is 0 Å². The molecule has 0 aliphatic heterocycles. The second kappa shape index (κ2) is 9.41. The SMILES string of the molecule is COc1ccc(C[NH2+]Cc2cc(Br)ccc2OCc2ccccc2)cc1. The van der Waals surface area contributed by atoms with E-state index in [1.54, 1.807) is 7.11 Å². The van der Waals surface area contributed by atoms with Crippen molar-refractivity contribution in [3.8, 4) is 11.5 Å². The summed E-state index contributed by atoms with van der Waals surface area (Å²) in [5, 5.41) is 2.28. The minimum absolute atomic E-state index is 0.577. The molecule has 0 saturated heterocycles. The number of nitrogens with two attached hydrogens (primary N) is 1. The van der Waals surface area contributed by atoms with E-state index in [-0.39, 0.29) is 0 Å². The highest BCUT2D eigenvalue weighted by atomic mass is 79.9. The molecule has 3 aromatic rings.